The van der Waals surface area contributed by atoms with Crippen LogP contribution in [0.4, 0.5) is 5.69 Å². The van der Waals surface area contributed by atoms with Gasteiger partial charge in [0.2, 0.25) is 0 Å². The summed E-state index contributed by atoms with van der Waals surface area (Å²) in [5.41, 5.74) is 1.09. The average molecular weight is 188 g/mol. The molecule has 0 fully saturated rings. The van der Waals surface area contributed by atoms with Crippen molar-refractivity contribution in [3.05, 3.63) is 42.6 Å². The molecule has 3 heteroatoms. The second-order valence-corrected chi connectivity index (χ2v) is 2.95. The van der Waals surface area contributed by atoms with Gasteiger partial charge in [-0.1, -0.05) is 18.2 Å². The lowest BCUT2D eigenvalue weighted by Crippen LogP contribution is -2.33. The van der Waals surface area contributed by atoms with Crippen LogP contribution in [0.15, 0.2) is 47.6 Å². The summed E-state index contributed by atoms with van der Waals surface area (Å²) >= 11 is 0. The van der Waals surface area contributed by atoms with E-state index in [4.69, 9.17) is 4.74 Å². The Bertz CT molecular complexity index is 357. The van der Waals surface area contributed by atoms with Gasteiger partial charge in [-0.15, -0.1) is 0 Å². The molecule has 1 aliphatic heterocycles. The summed E-state index contributed by atoms with van der Waals surface area (Å²) in [7, 11) is 1.63. The summed E-state index contributed by atoms with van der Waals surface area (Å²) in [6, 6.07) is 10.7. The van der Waals surface area contributed by atoms with Crippen LogP contribution in [-0.2, 0) is 4.74 Å². The summed E-state index contributed by atoms with van der Waals surface area (Å²) in [6.07, 6.45) is 3.76. The molecule has 0 atom stereocenters. The molecule has 0 N–H and O–H groups in total. The standard InChI is InChI=1S/C11H12N2O/c1-14-11-12-8-5-9-13(11)10-6-3-2-4-7-10/h2-8H,9H2,1H3. The van der Waals surface area contributed by atoms with E-state index < -0.39 is 0 Å². The van der Waals surface area contributed by atoms with Crippen LogP contribution in [0, 0.1) is 0 Å². The van der Waals surface area contributed by atoms with E-state index in [1.54, 1.807) is 13.3 Å². The van der Waals surface area contributed by atoms with Crippen molar-refractivity contribution in [2.24, 2.45) is 4.99 Å². The smallest absolute Gasteiger partial charge is 0.296 e. The van der Waals surface area contributed by atoms with E-state index in [1.807, 2.05) is 41.3 Å². The number of aliphatic imine (C=N–C) groups is 1. The van der Waals surface area contributed by atoms with Crippen molar-refractivity contribution < 1.29 is 4.74 Å². The van der Waals surface area contributed by atoms with Gasteiger partial charge in [-0.3, -0.25) is 4.90 Å². The first kappa shape index (κ1) is 8.81. The lowest BCUT2D eigenvalue weighted by Gasteiger charge is -2.24. The van der Waals surface area contributed by atoms with E-state index in [9.17, 15) is 0 Å². The number of ether oxygens (including phenoxy) is 1. The maximum atomic E-state index is 5.18. The molecule has 0 unspecified atom stereocenters. The topological polar surface area (TPSA) is 24.8 Å². The number of para-hydroxylation sites is 1. The highest BCUT2D eigenvalue weighted by Crippen LogP contribution is 2.16. The van der Waals surface area contributed by atoms with E-state index in [2.05, 4.69) is 4.99 Å². The number of hydrogen-bond acceptors (Lipinski definition) is 3. The van der Waals surface area contributed by atoms with E-state index in [1.165, 1.54) is 0 Å². The van der Waals surface area contributed by atoms with E-state index in [0.717, 1.165) is 12.2 Å². The first-order valence-corrected chi connectivity index (χ1v) is 4.51. The molecule has 0 aromatic heterocycles. The lowest BCUT2D eigenvalue weighted by molar-refractivity contribution is 0.391. The zero-order chi connectivity index (χ0) is 9.80. The molecule has 0 aliphatic carbocycles. The van der Waals surface area contributed by atoms with Gasteiger partial charge in [0.05, 0.1) is 7.11 Å². The van der Waals surface area contributed by atoms with Gasteiger partial charge in [-0.25, -0.2) is 4.99 Å². The molecular formula is C11H12N2O. The minimum absolute atomic E-state index is 0.638. The fourth-order valence-electron chi connectivity index (χ4n) is 1.40. The van der Waals surface area contributed by atoms with Crippen molar-refractivity contribution in [1.82, 2.24) is 0 Å². The molecule has 14 heavy (non-hydrogen) atoms. The summed E-state index contributed by atoms with van der Waals surface area (Å²) in [5.74, 6) is 0. The molecule has 0 saturated carbocycles. The van der Waals surface area contributed by atoms with Crippen molar-refractivity contribution in [2.45, 2.75) is 0 Å². The zero-order valence-corrected chi connectivity index (χ0v) is 8.05. The number of hydrogen-bond donors (Lipinski definition) is 0. The number of benzene rings is 1. The Labute approximate surface area is 83.3 Å². The molecule has 3 nitrogen and oxygen atoms in total. The molecule has 1 aromatic rings. The van der Waals surface area contributed by atoms with Gasteiger partial charge in [0.1, 0.15) is 0 Å². The molecule has 1 heterocycles. The second kappa shape index (κ2) is 3.96. The van der Waals surface area contributed by atoms with Crippen LogP contribution in [0.5, 0.6) is 0 Å². The molecule has 1 aromatic carbocycles. The lowest BCUT2D eigenvalue weighted by atomic mass is 10.3. The van der Waals surface area contributed by atoms with Crippen molar-refractivity contribution >= 4 is 11.7 Å². The van der Waals surface area contributed by atoms with Crippen LogP contribution >= 0.6 is 0 Å². The molecule has 0 saturated heterocycles. The Morgan fingerprint density at radius 1 is 1.29 bits per heavy atom. The van der Waals surface area contributed by atoms with Gasteiger partial charge in [-0.05, 0) is 18.2 Å². The number of rotatable bonds is 1. The average Bonchev–Trinajstić information content (AvgIpc) is 2.30. The maximum Gasteiger partial charge on any atom is 0.296 e. The molecule has 0 amide bonds. The molecule has 0 spiro atoms. The number of anilines is 1. The van der Waals surface area contributed by atoms with E-state index in [-0.39, 0.29) is 0 Å². The first-order valence-electron chi connectivity index (χ1n) is 4.51. The maximum absolute atomic E-state index is 5.18. The second-order valence-electron chi connectivity index (χ2n) is 2.95. The molecule has 0 bridgehead atoms. The molecule has 1 aliphatic rings. The third-order valence-corrected chi connectivity index (χ3v) is 2.06. The zero-order valence-electron chi connectivity index (χ0n) is 8.05. The third kappa shape index (κ3) is 1.62. The molecule has 72 valence electrons. The number of amidine groups is 1. The van der Waals surface area contributed by atoms with Gasteiger partial charge in [0, 0.05) is 18.4 Å². The third-order valence-electron chi connectivity index (χ3n) is 2.06. The van der Waals surface area contributed by atoms with Gasteiger partial charge in [0.15, 0.2) is 0 Å². The van der Waals surface area contributed by atoms with Gasteiger partial charge < -0.3 is 4.74 Å². The van der Waals surface area contributed by atoms with Crippen LogP contribution in [0.1, 0.15) is 0 Å². The Morgan fingerprint density at radius 2 is 2.07 bits per heavy atom. The summed E-state index contributed by atoms with van der Waals surface area (Å²) in [6.45, 7) is 0.802. The summed E-state index contributed by atoms with van der Waals surface area (Å²) < 4.78 is 5.18. The quantitative estimate of drug-likeness (QED) is 0.673. The minimum Gasteiger partial charge on any atom is -0.468 e. The molecule has 0 radical (unpaired) electrons. The Morgan fingerprint density at radius 3 is 2.79 bits per heavy atom. The summed E-state index contributed by atoms with van der Waals surface area (Å²) in [4.78, 5) is 6.16. The van der Waals surface area contributed by atoms with Crippen LogP contribution in [0.3, 0.4) is 0 Å². The highest BCUT2D eigenvalue weighted by atomic mass is 16.5. The van der Waals surface area contributed by atoms with Crippen LogP contribution in [-0.4, -0.2) is 19.7 Å². The Hall–Kier alpha value is -1.77. The van der Waals surface area contributed by atoms with Gasteiger partial charge in [0.25, 0.3) is 6.02 Å². The summed E-state index contributed by atoms with van der Waals surface area (Å²) in [5, 5.41) is 0. The predicted molar refractivity (Wildman–Crippen MR) is 57.4 cm³/mol. The van der Waals surface area contributed by atoms with Crippen molar-refractivity contribution in [2.75, 3.05) is 18.6 Å². The van der Waals surface area contributed by atoms with Crippen LogP contribution in [0.2, 0.25) is 0 Å². The van der Waals surface area contributed by atoms with E-state index in [0.29, 0.717) is 6.02 Å². The number of nitrogens with zero attached hydrogens (tertiary/aromatic N) is 2. The monoisotopic (exact) mass is 188 g/mol. The number of methoxy groups -OCH3 is 1. The normalized spacial score (nSPS) is 15.2. The fraction of sp³-hybridized carbons (Fsp3) is 0.182. The molecule has 2 rings (SSSR count). The van der Waals surface area contributed by atoms with Crippen LogP contribution < -0.4 is 4.90 Å². The molecular weight excluding hydrogens is 176 g/mol. The minimum atomic E-state index is 0.638. The van der Waals surface area contributed by atoms with Gasteiger partial charge >= 0.3 is 0 Å². The fourth-order valence-corrected chi connectivity index (χ4v) is 1.40. The van der Waals surface area contributed by atoms with Gasteiger partial charge in [-0.2, -0.15) is 0 Å². The predicted octanol–water partition coefficient (Wildman–Crippen LogP) is 2.02. The first-order chi connectivity index (χ1) is 6.92. The van der Waals surface area contributed by atoms with Crippen molar-refractivity contribution in [1.29, 1.82) is 0 Å². The SMILES string of the molecule is COC1=NC=CCN1c1ccccc1. The Kier molecular flexibility index (Phi) is 2.49. The van der Waals surface area contributed by atoms with Crippen molar-refractivity contribution in [3.8, 4) is 0 Å². The van der Waals surface area contributed by atoms with Crippen LogP contribution in [0.25, 0.3) is 0 Å². The Balaban J connectivity index is 2.27. The largest absolute Gasteiger partial charge is 0.468 e. The van der Waals surface area contributed by atoms with E-state index >= 15 is 0 Å². The highest BCUT2D eigenvalue weighted by Gasteiger charge is 2.13. The van der Waals surface area contributed by atoms with Crippen molar-refractivity contribution in [3.63, 3.8) is 0 Å². The highest BCUT2D eigenvalue weighted by molar-refractivity contribution is 5.92.